The van der Waals surface area contributed by atoms with Gasteiger partial charge >= 0.3 is 12.0 Å². The largest absolute Gasteiger partial charge is 0.452 e. The number of esters is 1. The van der Waals surface area contributed by atoms with Gasteiger partial charge in [0, 0.05) is 27.2 Å². The van der Waals surface area contributed by atoms with Gasteiger partial charge in [-0.05, 0) is 18.2 Å². The maximum Gasteiger partial charge on any atom is 0.338 e. The molecule has 1 saturated heterocycles. The highest BCUT2D eigenvalue weighted by atomic mass is 32.2. The van der Waals surface area contributed by atoms with Crippen molar-refractivity contribution in [3.8, 4) is 0 Å². The summed E-state index contributed by atoms with van der Waals surface area (Å²) in [5.41, 5.74) is -0.00315. The van der Waals surface area contributed by atoms with Crippen LogP contribution < -0.4 is 5.32 Å². The zero-order valence-corrected chi connectivity index (χ0v) is 14.0. The number of urea groups is 1. The van der Waals surface area contributed by atoms with Crippen LogP contribution in [0.3, 0.4) is 0 Å². The fraction of sp³-hybridized carbons (Fsp3) is 0.357. The number of nitrogens with zero attached hydrogens (tertiary/aromatic N) is 2. The third-order valence-corrected chi connectivity index (χ3v) is 5.14. The molecule has 0 saturated carbocycles. The summed E-state index contributed by atoms with van der Waals surface area (Å²) in [4.78, 5) is 36.0. The molecule has 0 bridgehead atoms. The molecule has 0 atom stereocenters. The molecule has 10 heteroatoms. The maximum atomic E-state index is 12.1. The fourth-order valence-corrected chi connectivity index (χ4v) is 2.94. The maximum absolute atomic E-state index is 12.1. The van der Waals surface area contributed by atoms with Crippen LogP contribution in [-0.2, 0) is 19.6 Å². The fourth-order valence-electron chi connectivity index (χ4n) is 1.99. The predicted molar refractivity (Wildman–Crippen MR) is 82.7 cm³/mol. The molecule has 1 heterocycles. The molecule has 1 aromatic rings. The molecule has 1 N–H and O–H groups in total. The van der Waals surface area contributed by atoms with Gasteiger partial charge in [-0.2, -0.15) is 0 Å². The lowest BCUT2D eigenvalue weighted by Crippen LogP contribution is -2.37. The Kier molecular flexibility index (Phi) is 5.20. The van der Waals surface area contributed by atoms with Crippen molar-refractivity contribution in [3.63, 3.8) is 0 Å². The molecular formula is C14H17N3O6S. The van der Waals surface area contributed by atoms with Gasteiger partial charge in [-0.1, -0.05) is 6.07 Å². The number of nitrogens with one attached hydrogen (secondary N) is 1. The van der Waals surface area contributed by atoms with Gasteiger partial charge < -0.3 is 10.1 Å². The molecule has 1 aromatic carbocycles. The normalized spacial score (nSPS) is 14.6. The predicted octanol–water partition coefficient (Wildman–Crippen LogP) is -0.354. The summed E-state index contributed by atoms with van der Waals surface area (Å²) in [7, 11) is -0.937. The van der Waals surface area contributed by atoms with E-state index in [4.69, 9.17) is 4.74 Å². The standard InChI is InChI=1S/C14H17N3O6S/c1-16(2)24(21,22)11-5-3-4-10(8-11)13(19)23-9-12(18)17-7-6-15-14(17)20/h3-5,8H,6-7,9H2,1-2H3,(H,15,20). The Morgan fingerprint density at radius 1 is 1.33 bits per heavy atom. The SMILES string of the molecule is CN(C)S(=O)(=O)c1cccc(C(=O)OCC(=O)N2CCNC2=O)c1. The molecule has 1 fully saturated rings. The molecular weight excluding hydrogens is 338 g/mol. The lowest BCUT2D eigenvalue weighted by molar-refractivity contribution is -0.130. The highest BCUT2D eigenvalue weighted by molar-refractivity contribution is 7.89. The van der Waals surface area contributed by atoms with Gasteiger partial charge in [0.15, 0.2) is 6.61 Å². The highest BCUT2D eigenvalue weighted by Gasteiger charge is 2.27. The lowest BCUT2D eigenvalue weighted by Gasteiger charge is -2.13. The minimum Gasteiger partial charge on any atom is -0.452 e. The van der Waals surface area contributed by atoms with Crippen LogP contribution in [0, 0.1) is 0 Å². The first kappa shape index (κ1) is 17.9. The summed E-state index contributed by atoms with van der Waals surface area (Å²) >= 11 is 0. The summed E-state index contributed by atoms with van der Waals surface area (Å²) in [5, 5.41) is 2.46. The number of sulfonamides is 1. The van der Waals surface area contributed by atoms with Crippen molar-refractivity contribution < 1.29 is 27.5 Å². The van der Waals surface area contributed by atoms with Crippen LogP contribution in [0.4, 0.5) is 4.79 Å². The monoisotopic (exact) mass is 355 g/mol. The summed E-state index contributed by atoms with van der Waals surface area (Å²) in [6, 6.07) is 4.78. The third kappa shape index (κ3) is 3.71. The van der Waals surface area contributed by atoms with Gasteiger partial charge in [0.1, 0.15) is 0 Å². The van der Waals surface area contributed by atoms with Crippen LogP contribution >= 0.6 is 0 Å². The summed E-state index contributed by atoms with van der Waals surface area (Å²) < 4.78 is 30.0. The van der Waals surface area contributed by atoms with Crippen molar-refractivity contribution >= 4 is 27.9 Å². The second-order valence-electron chi connectivity index (χ2n) is 5.17. The van der Waals surface area contributed by atoms with Gasteiger partial charge in [0.05, 0.1) is 10.5 Å². The van der Waals surface area contributed by atoms with Gasteiger partial charge in [0.2, 0.25) is 10.0 Å². The van der Waals surface area contributed by atoms with Crippen LogP contribution in [0.5, 0.6) is 0 Å². The minimum absolute atomic E-state index is 0.00315. The van der Waals surface area contributed by atoms with Gasteiger partial charge in [-0.25, -0.2) is 22.3 Å². The smallest absolute Gasteiger partial charge is 0.338 e. The van der Waals surface area contributed by atoms with Gasteiger partial charge in [-0.15, -0.1) is 0 Å². The molecule has 3 amide bonds. The van der Waals surface area contributed by atoms with Crippen molar-refractivity contribution in [2.24, 2.45) is 0 Å². The molecule has 0 spiro atoms. The second-order valence-corrected chi connectivity index (χ2v) is 7.32. The quantitative estimate of drug-likeness (QED) is 0.722. The number of hydrogen-bond donors (Lipinski definition) is 1. The van der Waals surface area contributed by atoms with Crippen molar-refractivity contribution in [2.45, 2.75) is 4.90 Å². The van der Waals surface area contributed by atoms with E-state index in [0.717, 1.165) is 9.21 Å². The van der Waals surface area contributed by atoms with Gasteiger partial charge in [-0.3, -0.25) is 9.69 Å². The average molecular weight is 355 g/mol. The molecule has 1 aliphatic rings. The van der Waals surface area contributed by atoms with Crippen molar-refractivity contribution in [1.82, 2.24) is 14.5 Å². The Hall–Kier alpha value is -2.46. The molecule has 0 aromatic heterocycles. The lowest BCUT2D eigenvalue weighted by atomic mass is 10.2. The van der Waals surface area contributed by atoms with Crippen LogP contribution in [0.25, 0.3) is 0 Å². The van der Waals surface area contributed by atoms with E-state index in [1.165, 1.54) is 38.4 Å². The third-order valence-electron chi connectivity index (χ3n) is 3.33. The average Bonchev–Trinajstić information content (AvgIpc) is 2.98. The number of ether oxygens (including phenoxy) is 1. The van der Waals surface area contributed by atoms with Crippen molar-refractivity contribution in [1.29, 1.82) is 0 Å². The number of hydrogen-bond acceptors (Lipinski definition) is 6. The first-order chi connectivity index (χ1) is 11.2. The van der Waals surface area contributed by atoms with E-state index >= 15 is 0 Å². The Bertz CT molecular complexity index is 774. The zero-order valence-electron chi connectivity index (χ0n) is 13.2. The van der Waals surface area contributed by atoms with Crippen LogP contribution in [-0.4, -0.2) is 69.3 Å². The van der Waals surface area contributed by atoms with E-state index in [1.54, 1.807) is 0 Å². The topological polar surface area (TPSA) is 113 Å². The van der Waals surface area contributed by atoms with Crippen LogP contribution in [0.2, 0.25) is 0 Å². The first-order valence-electron chi connectivity index (χ1n) is 7.01. The summed E-state index contributed by atoms with van der Waals surface area (Å²) in [6.45, 7) is -0.0361. The number of amides is 3. The Morgan fingerprint density at radius 3 is 2.62 bits per heavy atom. The van der Waals surface area contributed by atoms with E-state index in [0.29, 0.717) is 6.54 Å². The zero-order chi connectivity index (χ0) is 17.9. The van der Waals surface area contributed by atoms with E-state index < -0.39 is 34.5 Å². The van der Waals surface area contributed by atoms with Crippen LogP contribution in [0.15, 0.2) is 29.2 Å². The molecule has 9 nitrogen and oxygen atoms in total. The Morgan fingerprint density at radius 2 is 2.04 bits per heavy atom. The summed E-state index contributed by atoms with van der Waals surface area (Å²) in [6.07, 6.45) is 0. The number of carbonyl (C=O) groups excluding carboxylic acids is 3. The number of imide groups is 1. The first-order valence-corrected chi connectivity index (χ1v) is 8.45. The minimum atomic E-state index is -3.69. The van der Waals surface area contributed by atoms with E-state index in [9.17, 15) is 22.8 Å². The van der Waals surface area contributed by atoms with E-state index in [2.05, 4.69) is 5.32 Å². The molecule has 0 aliphatic carbocycles. The summed E-state index contributed by atoms with van der Waals surface area (Å²) in [5.74, 6) is -1.49. The number of carbonyl (C=O) groups is 3. The molecule has 2 rings (SSSR count). The van der Waals surface area contributed by atoms with Crippen molar-refractivity contribution in [3.05, 3.63) is 29.8 Å². The van der Waals surface area contributed by atoms with Crippen molar-refractivity contribution in [2.75, 3.05) is 33.8 Å². The van der Waals surface area contributed by atoms with Crippen LogP contribution in [0.1, 0.15) is 10.4 Å². The molecule has 24 heavy (non-hydrogen) atoms. The van der Waals surface area contributed by atoms with E-state index in [-0.39, 0.29) is 17.0 Å². The Balaban J connectivity index is 2.05. The molecule has 1 aliphatic heterocycles. The van der Waals surface area contributed by atoms with Gasteiger partial charge in [0.25, 0.3) is 5.91 Å². The number of benzene rings is 1. The molecule has 0 unspecified atom stereocenters. The second kappa shape index (κ2) is 6.97. The van der Waals surface area contributed by atoms with E-state index in [1.807, 2.05) is 0 Å². The number of rotatable bonds is 5. The Labute approximate surface area is 139 Å². The molecule has 130 valence electrons. The molecule has 0 radical (unpaired) electrons. The highest BCUT2D eigenvalue weighted by Crippen LogP contribution is 2.15.